The molecule has 1 saturated carbocycles. The molecule has 10 nitrogen and oxygen atoms in total. The molecule has 2 aromatic heterocycles. The Labute approximate surface area is 227 Å². The third-order valence-electron chi connectivity index (χ3n) is 6.21. The van der Waals surface area contributed by atoms with E-state index in [0.717, 1.165) is 11.1 Å². The van der Waals surface area contributed by atoms with Crippen LogP contribution >= 0.6 is 0 Å². The van der Waals surface area contributed by atoms with Crippen LogP contribution in [0, 0.1) is 5.92 Å². The van der Waals surface area contributed by atoms with Crippen LogP contribution in [-0.2, 0) is 23.0 Å². The van der Waals surface area contributed by atoms with Crippen molar-refractivity contribution in [3.8, 4) is 17.0 Å². The lowest BCUT2D eigenvalue weighted by molar-refractivity contribution is 0.102. The van der Waals surface area contributed by atoms with E-state index < -0.39 is 10.7 Å². The topological polar surface area (TPSA) is 149 Å². The van der Waals surface area contributed by atoms with Crippen molar-refractivity contribution in [3.05, 3.63) is 89.9 Å². The third-order valence-corrected chi connectivity index (χ3v) is 6.83. The molecule has 2 aromatic carbocycles. The number of anilines is 3. The molecule has 0 radical (unpaired) electrons. The van der Waals surface area contributed by atoms with Gasteiger partial charge in [-0.1, -0.05) is 18.2 Å². The van der Waals surface area contributed by atoms with Crippen molar-refractivity contribution in [1.82, 2.24) is 15.0 Å². The van der Waals surface area contributed by atoms with Crippen LogP contribution in [0.25, 0.3) is 11.3 Å². The predicted molar refractivity (Wildman–Crippen MR) is 150 cm³/mol. The van der Waals surface area contributed by atoms with Gasteiger partial charge in [0.25, 0.3) is 5.91 Å². The van der Waals surface area contributed by atoms with Crippen molar-refractivity contribution < 1.29 is 17.9 Å². The molecule has 0 saturated heterocycles. The molecule has 0 atom stereocenters. The van der Waals surface area contributed by atoms with Crippen molar-refractivity contribution in [3.63, 3.8) is 0 Å². The van der Waals surface area contributed by atoms with E-state index in [-0.39, 0.29) is 18.2 Å². The van der Waals surface area contributed by atoms with E-state index >= 15 is 0 Å². The van der Waals surface area contributed by atoms with Crippen molar-refractivity contribution in [2.24, 2.45) is 11.7 Å². The lowest BCUT2D eigenvalue weighted by atomic mass is 10.1. The lowest BCUT2D eigenvalue weighted by Crippen LogP contribution is -2.13. The third kappa shape index (κ3) is 7.15. The number of rotatable bonds is 11. The number of amides is 1. The largest absolute Gasteiger partial charge is 0.492 e. The molecule has 1 amide bonds. The molecule has 1 aliphatic carbocycles. The minimum atomic E-state index is -2.53. The number of benzene rings is 2. The first kappa shape index (κ1) is 26.3. The van der Waals surface area contributed by atoms with Gasteiger partial charge in [-0.05, 0) is 66.3 Å². The molecule has 0 spiro atoms. The summed E-state index contributed by atoms with van der Waals surface area (Å²) in [5.74, 6) is 1.32. The van der Waals surface area contributed by atoms with Crippen LogP contribution in [0.2, 0.25) is 0 Å². The first-order valence-corrected chi connectivity index (χ1v) is 13.9. The van der Waals surface area contributed by atoms with Gasteiger partial charge in [-0.15, -0.1) is 0 Å². The van der Waals surface area contributed by atoms with E-state index in [9.17, 15) is 13.2 Å². The van der Waals surface area contributed by atoms with Gasteiger partial charge in [0, 0.05) is 41.4 Å². The summed E-state index contributed by atoms with van der Waals surface area (Å²) in [7, 11) is -2.53. The summed E-state index contributed by atoms with van der Waals surface area (Å²) in [5, 5.41) is 6.07. The molecule has 1 fully saturated rings. The first-order valence-electron chi connectivity index (χ1n) is 12.5. The molecule has 1 aliphatic rings. The maximum Gasteiger partial charge on any atom is 0.255 e. The van der Waals surface area contributed by atoms with Crippen molar-refractivity contribution in [2.45, 2.75) is 25.1 Å². The van der Waals surface area contributed by atoms with E-state index in [1.165, 1.54) is 12.8 Å². The van der Waals surface area contributed by atoms with Crippen LogP contribution in [0.15, 0.2) is 73.2 Å². The average Bonchev–Trinajstić information content (AvgIpc) is 3.77. The van der Waals surface area contributed by atoms with E-state index in [1.807, 2.05) is 12.1 Å². The fourth-order valence-corrected chi connectivity index (χ4v) is 4.41. The average molecular weight is 545 g/mol. The summed E-state index contributed by atoms with van der Waals surface area (Å²) >= 11 is 0. The summed E-state index contributed by atoms with van der Waals surface area (Å²) in [6.45, 7) is 0.968. The van der Waals surface area contributed by atoms with Gasteiger partial charge in [0.05, 0.1) is 24.3 Å². The monoisotopic (exact) mass is 544 g/mol. The van der Waals surface area contributed by atoms with Gasteiger partial charge in [-0.3, -0.25) is 9.78 Å². The summed E-state index contributed by atoms with van der Waals surface area (Å²) in [4.78, 5) is 26.1. The molecule has 11 heteroatoms. The van der Waals surface area contributed by atoms with Gasteiger partial charge in [-0.25, -0.2) is 18.4 Å². The van der Waals surface area contributed by atoms with E-state index in [4.69, 9.17) is 10.5 Å². The highest BCUT2D eigenvalue weighted by Gasteiger charge is 2.22. The minimum Gasteiger partial charge on any atom is -0.492 e. The van der Waals surface area contributed by atoms with Gasteiger partial charge in [0.2, 0.25) is 5.95 Å². The predicted octanol–water partition coefficient (Wildman–Crippen LogP) is 3.89. The Bertz CT molecular complexity index is 1550. The fraction of sp³-hybridized carbons (Fsp3) is 0.214. The Morgan fingerprint density at radius 3 is 2.62 bits per heavy atom. The number of ether oxygens (including phenoxy) is 1. The number of aromatic nitrogens is 3. The Hall–Kier alpha value is -4.35. The van der Waals surface area contributed by atoms with Gasteiger partial charge in [-0.2, -0.15) is 0 Å². The van der Waals surface area contributed by atoms with Crippen LogP contribution in [0.3, 0.4) is 0 Å². The number of nitrogens with one attached hydrogen (secondary N) is 2. The highest BCUT2D eigenvalue weighted by atomic mass is 32.2. The van der Waals surface area contributed by atoms with Gasteiger partial charge < -0.3 is 21.1 Å². The number of hydrogen-bond donors (Lipinski definition) is 4. The molecule has 200 valence electrons. The molecular weight excluding hydrogens is 516 g/mol. The highest BCUT2D eigenvalue weighted by Crippen LogP contribution is 2.30. The molecule has 5 rings (SSSR count). The SMILES string of the molecule is NCc1ccc(NC(=O)c2ccc(C[SH](=O)=O)cc2)cc1Nc1nccc(-c2cncc(OCC3CC3)c2)n1. The smallest absolute Gasteiger partial charge is 0.255 e. The maximum atomic E-state index is 12.8. The zero-order valence-corrected chi connectivity index (χ0v) is 21.9. The number of carbonyl (C=O) groups is 1. The van der Waals surface area contributed by atoms with E-state index in [2.05, 4.69) is 25.6 Å². The number of pyridine rings is 1. The fourth-order valence-electron chi connectivity index (χ4n) is 3.90. The Morgan fingerprint density at radius 1 is 1.05 bits per heavy atom. The normalized spacial score (nSPS) is 12.8. The molecule has 4 N–H and O–H groups in total. The standard InChI is InChI=1S/C28H28N6O4S/c29-13-21-7-8-23(32-27(35)20-5-3-19(4-6-20)17-39(36)37)12-26(21)34-28-31-10-9-25(33-28)22-11-24(15-30-14-22)38-16-18-1-2-18/h3-12,14-15,18,39H,1-2,13,16-17,29H2,(H,32,35)(H,31,33,34). The molecule has 0 bridgehead atoms. The van der Waals surface area contributed by atoms with Crippen LogP contribution < -0.4 is 21.1 Å². The molecular formula is C28H28N6O4S. The van der Waals surface area contributed by atoms with E-state index in [1.54, 1.807) is 61.1 Å². The van der Waals surface area contributed by atoms with E-state index in [0.29, 0.717) is 52.4 Å². The highest BCUT2D eigenvalue weighted by molar-refractivity contribution is 7.71. The Balaban J connectivity index is 1.30. The first-order chi connectivity index (χ1) is 19.0. The Kier molecular flexibility index (Phi) is 8.09. The molecule has 2 heterocycles. The maximum absolute atomic E-state index is 12.8. The van der Waals surface area contributed by atoms with Crippen LogP contribution in [0.5, 0.6) is 5.75 Å². The quantitative estimate of drug-likeness (QED) is 0.206. The molecule has 0 aliphatic heterocycles. The van der Waals surface area contributed by atoms with Crippen LogP contribution in [0.4, 0.5) is 17.3 Å². The Morgan fingerprint density at radius 2 is 1.87 bits per heavy atom. The number of nitrogens with two attached hydrogens (primary N) is 1. The zero-order chi connectivity index (χ0) is 27.2. The summed E-state index contributed by atoms with van der Waals surface area (Å²) in [6, 6.07) is 15.5. The van der Waals surface area contributed by atoms with Crippen LogP contribution in [-0.4, -0.2) is 35.9 Å². The van der Waals surface area contributed by atoms with Crippen molar-refractivity contribution in [2.75, 3.05) is 17.2 Å². The second kappa shape index (κ2) is 12.0. The van der Waals surface area contributed by atoms with Gasteiger partial charge in [0.15, 0.2) is 0 Å². The van der Waals surface area contributed by atoms with Crippen molar-refractivity contribution >= 4 is 33.9 Å². The summed E-state index contributed by atoms with van der Waals surface area (Å²) in [5.41, 5.74) is 10.5. The molecule has 39 heavy (non-hydrogen) atoms. The number of carbonyl (C=O) groups excluding carboxylic acids is 1. The van der Waals surface area contributed by atoms with Gasteiger partial charge in [0.1, 0.15) is 16.5 Å². The molecule has 4 aromatic rings. The lowest BCUT2D eigenvalue weighted by Gasteiger charge is -2.13. The van der Waals surface area contributed by atoms with Crippen LogP contribution in [0.1, 0.15) is 34.3 Å². The minimum absolute atomic E-state index is 0.0633. The zero-order valence-electron chi connectivity index (χ0n) is 21.0. The second-order valence-corrected chi connectivity index (χ2v) is 10.3. The summed E-state index contributed by atoms with van der Waals surface area (Å²) < 4.78 is 27.7. The van der Waals surface area contributed by atoms with Crippen molar-refractivity contribution in [1.29, 1.82) is 0 Å². The molecule has 0 unspecified atom stereocenters. The number of thiol groups is 1. The van der Waals surface area contributed by atoms with Gasteiger partial charge >= 0.3 is 0 Å². The summed E-state index contributed by atoms with van der Waals surface area (Å²) in [6.07, 6.45) is 7.51. The number of nitrogens with zero attached hydrogens (tertiary/aromatic N) is 3. The second-order valence-electron chi connectivity index (χ2n) is 9.27. The number of hydrogen-bond acceptors (Lipinski definition) is 9.